The van der Waals surface area contributed by atoms with Crippen molar-refractivity contribution in [3.63, 3.8) is 0 Å². The van der Waals surface area contributed by atoms with E-state index < -0.39 is 6.17 Å². The SMILES string of the molecule is CCC(C)NC1CCC1F. The van der Waals surface area contributed by atoms with Gasteiger partial charge in [0.25, 0.3) is 0 Å². The molecule has 0 spiro atoms. The van der Waals surface area contributed by atoms with Crippen molar-refractivity contribution in [3.8, 4) is 0 Å². The van der Waals surface area contributed by atoms with Gasteiger partial charge in [-0.25, -0.2) is 4.39 Å². The molecule has 0 aliphatic heterocycles. The van der Waals surface area contributed by atoms with E-state index in [4.69, 9.17) is 0 Å². The van der Waals surface area contributed by atoms with Crippen LogP contribution in [0.25, 0.3) is 0 Å². The van der Waals surface area contributed by atoms with Gasteiger partial charge in [-0.2, -0.15) is 0 Å². The van der Waals surface area contributed by atoms with Crippen molar-refractivity contribution in [1.82, 2.24) is 5.32 Å². The molecule has 1 fully saturated rings. The van der Waals surface area contributed by atoms with Gasteiger partial charge in [0.15, 0.2) is 0 Å². The van der Waals surface area contributed by atoms with E-state index in [1.54, 1.807) is 0 Å². The number of halogens is 1. The molecule has 1 saturated carbocycles. The summed E-state index contributed by atoms with van der Waals surface area (Å²) in [5, 5.41) is 3.24. The van der Waals surface area contributed by atoms with E-state index in [-0.39, 0.29) is 6.04 Å². The van der Waals surface area contributed by atoms with Crippen LogP contribution in [0.1, 0.15) is 33.1 Å². The first-order valence-electron chi connectivity index (χ1n) is 4.14. The van der Waals surface area contributed by atoms with Crippen LogP contribution < -0.4 is 5.32 Å². The average molecular weight is 145 g/mol. The van der Waals surface area contributed by atoms with Gasteiger partial charge in [-0.05, 0) is 26.2 Å². The summed E-state index contributed by atoms with van der Waals surface area (Å²) in [6.45, 7) is 4.22. The van der Waals surface area contributed by atoms with E-state index in [0.717, 1.165) is 19.3 Å². The van der Waals surface area contributed by atoms with Gasteiger partial charge in [0, 0.05) is 12.1 Å². The molecule has 0 saturated heterocycles. The highest BCUT2D eigenvalue weighted by molar-refractivity contribution is 4.87. The molecule has 1 aliphatic carbocycles. The maximum Gasteiger partial charge on any atom is 0.115 e. The Morgan fingerprint density at radius 3 is 2.60 bits per heavy atom. The standard InChI is InChI=1S/C8H16FN/c1-3-6(2)10-8-5-4-7(8)9/h6-8,10H,3-5H2,1-2H3. The lowest BCUT2D eigenvalue weighted by Crippen LogP contribution is -2.48. The fourth-order valence-corrected chi connectivity index (χ4v) is 1.13. The quantitative estimate of drug-likeness (QED) is 0.639. The number of rotatable bonds is 3. The molecule has 0 amide bonds. The lowest BCUT2D eigenvalue weighted by atomic mass is 9.90. The van der Waals surface area contributed by atoms with Crippen molar-refractivity contribution in [2.75, 3.05) is 0 Å². The largest absolute Gasteiger partial charge is 0.309 e. The van der Waals surface area contributed by atoms with Crippen LogP contribution in [0.15, 0.2) is 0 Å². The van der Waals surface area contributed by atoms with Crippen LogP contribution in [0.5, 0.6) is 0 Å². The van der Waals surface area contributed by atoms with Crippen molar-refractivity contribution in [2.24, 2.45) is 0 Å². The third-order valence-electron chi connectivity index (χ3n) is 2.30. The zero-order chi connectivity index (χ0) is 7.56. The summed E-state index contributed by atoms with van der Waals surface area (Å²) in [6, 6.07) is 0.637. The van der Waals surface area contributed by atoms with Gasteiger partial charge < -0.3 is 5.32 Å². The maximum absolute atomic E-state index is 12.6. The Bertz CT molecular complexity index is 105. The monoisotopic (exact) mass is 145 g/mol. The van der Waals surface area contributed by atoms with Crippen LogP contribution in [-0.4, -0.2) is 18.3 Å². The minimum absolute atomic E-state index is 0.162. The molecule has 60 valence electrons. The fourth-order valence-electron chi connectivity index (χ4n) is 1.13. The summed E-state index contributed by atoms with van der Waals surface area (Å²) in [5.74, 6) is 0. The third-order valence-corrected chi connectivity index (χ3v) is 2.30. The van der Waals surface area contributed by atoms with Gasteiger partial charge in [0.1, 0.15) is 6.17 Å². The van der Waals surface area contributed by atoms with Crippen LogP contribution in [0.3, 0.4) is 0 Å². The molecule has 0 heterocycles. The molecule has 1 N–H and O–H groups in total. The van der Waals surface area contributed by atoms with E-state index >= 15 is 0 Å². The molecular weight excluding hydrogens is 129 g/mol. The molecule has 1 aliphatic rings. The third kappa shape index (κ3) is 1.69. The number of hydrogen-bond donors (Lipinski definition) is 1. The number of alkyl halides is 1. The molecular formula is C8H16FN. The summed E-state index contributed by atoms with van der Waals surface area (Å²) < 4.78 is 12.6. The van der Waals surface area contributed by atoms with Gasteiger partial charge in [-0.3, -0.25) is 0 Å². The molecule has 0 aromatic heterocycles. The molecule has 10 heavy (non-hydrogen) atoms. The maximum atomic E-state index is 12.6. The number of hydrogen-bond acceptors (Lipinski definition) is 1. The molecule has 2 heteroatoms. The van der Waals surface area contributed by atoms with Crippen LogP contribution in [-0.2, 0) is 0 Å². The second-order valence-corrected chi connectivity index (χ2v) is 3.18. The van der Waals surface area contributed by atoms with Gasteiger partial charge in [-0.1, -0.05) is 6.92 Å². The topological polar surface area (TPSA) is 12.0 Å². The van der Waals surface area contributed by atoms with Crippen molar-refractivity contribution in [2.45, 2.75) is 51.4 Å². The molecule has 3 unspecified atom stereocenters. The Kier molecular flexibility index (Phi) is 2.66. The summed E-state index contributed by atoms with van der Waals surface area (Å²) in [4.78, 5) is 0. The number of nitrogens with one attached hydrogen (secondary N) is 1. The summed E-state index contributed by atoms with van der Waals surface area (Å²) in [6.07, 6.45) is 2.29. The first kappa shape index (κ1) is 7.99. The lowest BCUT2D eigenvalue weighted by Gasteiger charge is -2.33. The van der Waals surface area contributed by atoms with Crippen molar-refractivity contribution >= 4 is 0 Å². The Morgan fingerprint density at radius 1 is 1.60 bits per heavy atom. The lowest BCUT2D eigenvalue weighted by molar-refractivity contribution is 0.133. The minimum Gasteiger partial charge on any atom is -0.309 e. The van der Waals surface area contributed by atoms with E-state index in [1.165, 1.54) is 0 Å². The summed E-state index contributed by atoms with van der Waals surface area (Å²) in [7, 11) is 0. The Hall–Kier alpha value is -0.110. The highest BCUT2D eigenvalue weighted by atomic mass is 19.1. The van der Waals surface area contributed by atoms with Crippen LogP contribution in [0.4, 0.5) is 4.39 Å². The zero-order valence-corrected chi connectivity index (χ0v) is 6.73. The molecule has 1 nitrogen and oxygen atoms in total. The minimum atomic E-state index is -0.575. The highest BCUT2D eigenvalue weighted by Crippen LogP contribution is 2.23. The van der Waals surface area contributed by atoms with Gasteiger partial charge >= 0.3 is 0 Å². The van der Waals surface area contributed by atoms with Gasteiger partial charge in [0.2, 0.25) is 0 Å². The van der Waals surface area contributed by atoms with E-state index in [1.807, 2.05) is 0 Å². The van der Waals surface area contributed by atoms with Crippen molar-refractivity contribution in [1.29, 1.82) is 0 Å². The molecule has 1 rings (SSSR count). The van der Waals surface area contributed by atoms with E-state index in [0.29, 0.717) is 6.04 Å². The molecule has 0 aromatic carbocycles. The van der Waals surface area contributed by atoms with Gasteiger partial charge in [-0.15, -0.1) is 0 Å². The second-order valence-electron chi connectivity index (χ2n) is 3.18. The molecule has 3 atom stereocenters. The Morgan fingerprint density at radius 2 is 2.30 bits per heavy atom. The van der Waals surface area contributed by atoms with E-state index in [2.05, 4.69) is 19.2 Å². The van der Waals surface area contributed by atoms with Crippen molar-refractivity contribution in [3.05, 3.63) is 0 Å². The Balaban J connectivity index is 2.12. The predicted molar refractivity (Wildman–Crippen MR) is 40.8 cm³/mol. The van der Waals surface area contributed by atoms with Crippen LogP contribution in [0.2, 0.25) is 0 Å². The molecule has 0 radical (unpaired) electrons. The smallest absolute Gasteiger partial charge is 0.115 e. The average Bonchev–Trinajstić information content (AvgIpc) is 1.96. The predicted octanol–water partition coefficient (Wildman–Crippen LogP) is 1.88. The summed E-state index contributed by atoms with van der Waals surface area (Å²) >= 11 is 0. The normalized spacial score (nSPS) is 35.1. The Labute approximate surface area is 62.0 Å². The van der Waals surface area contributed by atoms with Crippen molar-refractivity contribution < 1.29 is 4.39 Å². The first-order chi connectivity index (χ1) is 4.74. The first-order valence-corrected chi connectivity index (χ1v) is 4.14. The van der Waals surface area contributed by atoms with Crippen LogP contribution in [0, 0.1) is 0 Å². The zero-order valence-electron chi connectivity index (χ0n) is 6.73. The van der Waals surface area contributed by atoms with Gasteiger partial charge in [0.05, 0.1) is 0 Å². The highest BCUT2D eigenvalue weighted by Gasteiger charge is 2.30. The van der Waals surface area contributed by atoms with E-state index in [9.17, 15) is 4.39 Å². The second kappa shape index (κ2) is 3.33. The fraction of sp³-hybridized carbons (Fsp3) is 1.00. The van der Waals surface area contributed by atoms with Crippen LogP contribution >= 0.6 is 0 Å². The molecule has 0 aromatic rings. The summed E-state index contributed by atoms with van der Waals surface area (Å²) in [5.41, 5.74) is 0. The molecule has 0 bridgehead atoms.